The SMILES string of the molecule is CCc1ccc(N2C(=O)C(=O)/C(=C(\O)c3ccc([N+](=O)[O-])cc3)C2c2ccc(N(CC)CC)cc2)cc1. The molecule has 1 saturated heterocycles. The summed E-state index contributed by atoms with van der Waals surface area (Å²) in [7, 11) is 0. The van der Waals surface area contributed by atoms with E-state index < -0.39 is 22.7 Å². The van der Waals surface area contributed by atoms with Crippen molar-refractivity contribution in [2.75, 3.05) is 22.9 Å². The summed E-state index contributed by atoms with van der Waals surface area (Å²) in [5, 5.41) is 22.3. The van der Waals surface area contributed by atoms with Gasteiger partial charge in [0.05, 0.1) is 16.5 Å². The van der Waals surface area contributed by atoms with Crippen LogP contribution < -0.4 is 9.80 Å². The highest BCUT2D eigenvalue weighted by Crippen LogP contribution is 2.42. The molecular weight excluding hydrogens is 470 g/mol. The number of nitrogens with zero attached hydrogens (tertiary/aromatic N) is 3. The normalized spacial score (nSPS) is 16.7. The van der Waals surface area contributed by atoms with E-state index in [0.29, 0.717) is 11.3 Å². The number of ketones is 1. The van der Waals surface area contributed by atoms with Crippen LogP contribution in [-0.4, -0.2) is 34.8 Å². The maximum Gasteiger partial charge on any atom is 0.300 e. The summed E-state index contributed by atoms with van der Waals surface area (Å²) >= 11 is 0. The Bertz CT molecular complexity index is 1340. The van der Waals surface area contributed by atoms with Gasteiger partial charge in [0.1, 0.15) is 5.76 Å². The number of aliphatic hydroxyl groups is 1. The maximum absolute atomic E-state index is 13.3. The van der Waals surface area contributed by atoms with Gasteiger partial charge in [0, 0.05) is 42.2 Å². The van der Waals surface area contributed by atoms with E-state index in [1.165, 1.54) is 29.2 Å². The standard InChI is InChI=1S/C29H29N3O5/c1-4-19-7-13-23(14-8-19)31-26(20-9-15-22(16-10-20)30(5-2)6-3)25(28(34)29(31)35)27(33)21-11-17-24(18-12-21)32(36)37/h7-18,26,33H,4-6H2,1-3H3/b27-25-. The number of anilines is 2. The Balaban J connectivity index is 1.87. The Morgan fingerprint density at radius 3 is 2.03 bits per heavy atom. The fraction of sp³-hybridized carbons (Fsp3) is 0.241. The maximum atomic E-state index is 13.3. The number of carbonyl (C=O) groups is 2. The number of nitro groups is 1. The molecule has 1 aliphatic rings. The highest BCUT2D eigenvalue weighted by atomic mass is 16.6. The van der Waals surface area contributed by atoms with Crippen molar-refractivity contribution in [1.29, 1.82) is 0 Å². The van der Waals surface area contributed by atoms with E-state index in [2.05, 4.69) is 18.7 Å². The van der Waals surface area contributed by atoms with Gasteiger partial charge in [-0.1, -0.05) is 31.2 Å². The summed E-state index contributed by atoms with van der Waals surface area (Å²) in [5.74, 6) is -1.93. The van der Waals surface area contributed by atoms with Crippen LogP contribution in [0.5, 0.6) is 0 Å². The molecule has 1 aliphatic heterocycles. The fourth-order valence-electron chi connectivity index (χ4n) is 4.66. The molecule has 0 saturated carbocycles. The summed E-state index contributed by atoms with van der Waals surface area (Å²) in [5.41, 5.74) is 3.32. The molecule has 0 bridgehead atoms. The molecule has 3 aromatic carbocycles. The zero-order valence-corrected chi connectivity index (χ0v) is 21.0. The second-order valence-electron chi connectivity index (χ2n) is 8.76. The van der Waals surface area contributed by atoms with E-state index in [1.807, 2.05) is 43.3 Å². The lowest BCUT2D eigenvalue weighted by Gasteiger charge is -2.27. The summed E-state index contributed by atoms with van der Waals surface area (Å²) in [4.78, 5) is 40.8. The minimum Gasteiger partial charge on any atom is -0.507 e. The van der Waals surface area contributed by atoms with Crippen LogP contribution in [0.25, 0.3) is 5.76 Å². The number of hydrogen-bond donors (Lipinski definition) is 1. The van der Waals surface area contributed by atoms with Gasteiger partial charge in [-0.15, -0.1) is 0 Å². The number of aliphatic hydroxyl groups excluding tert-OH is 1. The second-order valence-corrected chi connectivity index (χ2v) is 8.76. The van der Waals surface area contributed by atoms with Crippen LogP contribution in [0, 0.1) is 10.1 Å². The number of carbonyl (C=O) groups excluding carboxylic acids is 2. The number of Topliss-reactive ketones (excluding diaryl/α,β-unsaturated/α-hetero) is 1. The van der Waals surface area contributed by atoms with Crippen LogP contribution in [-0.2, 0) is 16.0 Å². The van der Waals surface area contributed by atoms with Crippen molar-refractivity contribution in [3.63, 3.8) is 0 Å². The molecule has 3 aromatic rings. The van der Waals surface area contributed by atoms with Gasteiger partial charge in [-0.25, -0.2) is 0 Å². The lowest BCUT2D eigenvalue weighted by atomic mass is 9.94. The van der Waals surface area contributed by atoms with Crippen molar-refractivity contribution >= 4 is 34.5 Å². The Hall–Kier alpha value is -4.46. The van der Waals surface area contributed by atoms with Gasteiger partial charge in [0.25, 0.3) is 17.4 Å². The largest absolute Gasteiger partial charge is 0.507 e. The van der Waals surface area contributed by atoms with E-state index in [-0.39, 0.29) is 22.6 Å². The molecule has 0 spiro atoms. The molecule has 1 amide bonds. The Morgan fingerprint density at radius 1 is 0.919 bits per heavy atom. The predicted molar refractivity (Wildman–Crippen MR) is 144 cm³/mol. The zero-order valence-electron chi connectivity index (χ0n) is 21.0. The van der Waals surface area contributed by atoms with E-state index in [4.69, 9.17) is 0 Å². The summed E-state index contributed by atoms with van der Waals surface area (Å²) in [6.07, 6.45) is 0.829. The zero-order chi connectivity index (χ0) is 26.7. The number of rotatable bonds is 8. The fourth-order valence-corrected chi connectivity index (χ4v) is 4.66. The first kappa shape index (κ1) is 25.6. The molecule has 8 nitrogen and oxygen atoms in total. The van der Waals surface area contributed by atoms with Crippen LogP contribution in [0.1, 0.15) is 43.5 Å². The number of aryl methyl sites for hydroxylation is 1. The Morgan fingerprint density at radius 2 is 1.51 bits per heavy atom. The first-order valence-corrected chi connectivity index (χ1v) is 12.3. The van der Waals surface area contributed by atoms with Gasteiger partial charge in [0.2, 0.25) is 0 Å². The number of non-ortho nitro benzene ring substituents is 1. The van der Waals surface area contributed by atoms with Gasteiger partial charge in [-0.2, -0.15) is 0 Å². The average molecular weight is 500 g/mol. The van der Waals surface area contributed by atoms with E-state index in [9.17, 15) is 24.8 Å². The molecule has 0 aromatic heterocycles. The van der Waals surface area contributed by atoms with E-state index in [1.54, 1.807) is 12.1 Å². The van der Waals surface area contributed by atoms with Gasteiger partial charge in [-0.3, -0.25) is 24.6 Å². The molecule has 0 aliphatic carbocycles. The minimum absolute atomic E-state index is 0.0611. The molecule has 1 fully saturated rings. The van der Waals surface area contributed by atoms with Gasteiger partial charge in [0.15, 0.2) is 0 Å². The third-order valence-corrected chi connectivity index (χ3v) is 6.76. The molecule has 0 radical (unpaired) electrons. The van der Waals surface area contributed by atoms with Crippen molar-refractivity contribution in [3.05, 3.63) is 105 Å². The number of nitro benzene ring substituents is 1. The molecule has 1 heterocycles. The highest BCUT2D eigenvalue weighted by Gasteiger charge is 2.47. The topological polar surface area (TPSA) is 104 Å². The van der Waals surface area contributed by atoms with Crippen LogP contribution >= 0.6 is 0 Å². The number of hydrogen-bond acceptors (Lipinski definition) is 6. The van der Waals surface area contributed by atoms with Gasteiger partial charge < -0.3 is 10.0 Å². The van der Waals surface area contributed by atoms with Gasteiger partial charge in [-0.05, 0) is 67.8 Å². The molecule has 1 N–H and O–H groups in total. The molecule has 8 heteroatoms. The molecule has 1 unspecified atom stereocenters. The molecule has 190 valence electrons. The number of amides is 1. The number of benzene rings is 3. The summed E-state index contributed by atoms with van der Waals surface area (Å²) in [6, 6.07) is 19.4. The summed E-state index contributed by atoms with van der Waals surface area (Å²) in [6.45, 7) is 7.83. The first-order valence-electron chi connectivity index (χ1n) is 12.3. The third kappa shape index (κ3) is 4.82. The molecular formula is C29H29N3O5. The van der Waals surface area contributed by atoms with Crippen LogP contribution in [0.3, 0.4) is 0 Å². The summed E-state index contributed by atoms with van der Waals surface area (Å²) < 4.78 is 0. The van der Waals surface area contributed by atoms with Crippen molar-refractivity contribution in [1.82, 2.24) is 0 Å². The van der Waals surface area contributed by atoms with Crippen molar-refractivity contribution in [2.24, 2.45) is 0 Å². The molecule has 1 atom stereocenters. The average Bonchev–Trinajstić information content (AvgIpc) is 3.19. The van der Waals surface area contributed by atoms with E-state index in [0.717, 1.165) is 30.8 Å². The lowest BCUT2D eigenvalue weighted by molar-refractivity contribution is -0.384. The smallest absolute Gasteiger partial charge is 0.300 e. The quantitative estimate of drug-likeness (QED) is 0.142. The second kappa shape index (κ2) is 10.7. The Kier molecular flexibility index (Phi) is 7.38. The first-order chi connectivity index (χ1) is 17.8. The predicted octanol–water partition coefficient (Wildman–Crippen LogP) is 5.63. The van der Waals surface area contributed by atoms with E-state index >= 15 is 0 Å². The highest BCUT2D eigenvalue weighted by molar-refractivity contribution is 6.51. The van der Waals surface area contributed by atoms with Crippen molar-refractivity contribution < 1.29 is 19.6 Å². The van der Waals surface area contributed by atoms with Crippen LogP contribution in [0.2, 0.25) is 0 Å². The monoisotopic (exact) mass is 499 g/mol. The van der Waals surface area contributed by atoms with Crippen LogP contribution in [0.4, 0.5) is 17.1 Å². The molecule has 37 heavy (non-hydrogen) atoms. The van der Waals surface area contributed by atoms with Crippen molar-refractivity contribution in [3.8, 4) is 0 Å². The van der Waals surface area contributed by atoms with Crippen molar-refractivity contribution in [2.45, 2.75) is 33.2 Å². The lowest BCUT2D eigenvalue weighted by Crippen LogP contribution is -2.29. The third-order valence-electron chi connectivity index (χ3n) is 6.76. The Labute approximate surface area is 215 Å². The van der Waals surface area contributed by atoms with Gasteiger partial charge >= 0.3 is 0 Å². The molecule has 4 rings (SSSR count). The minimum atomic E-state index is -0.867. The van der Waals surface area contributed by atoms with Crippen LogP contribution in [0.15, 0.2) is 78.4 Å².